The summed E-state index contributed by atoms with van der Waals surface area (Å²) in [5, 5.41) is 12.4. The number of hydrogen-bond acceptors (Lipinski definition) is 6. The van der Waals surface area contributed by atoms with Crippen LogP contribution in [-0.2, 0) is 0 Å². The van der Waals surface area contributed by atoms with E-state index in [4.69, 9.17) is 4.42 Å². The maximum atomic E-state index is 12.6. The van der Waals surface area contributed by atoms with E-state index in [0.29, 0.717) is 18.3 Å². The zero-order chi connectivity index (χ0) is 20.4. The number of aromatic nitrogens is 2. The molecule has 1 aromatic carbocycles. The molecule has 0 radical (unpaired) electrons. The average Bonchev–Trinajstić information content (AvgIpc) is 3.37. The van der Waals surface area contributed by atoms with Crippen molar-refractivity contribution in [1.82, 2.24) is 20.0 Å². The number of amides is 1. The molecule has 1 fully saturated rings. The van der Waals surface area contributed by atoms with Gasteiger partial charge in [0.15, 0.2) is 0 Å². The molecule has 0 bridgehead atoms. The number of carbonyl (C=O) groups excluding carboxylic acids is 1. The van der Waals surface area contributed by atoms with Gasteiger partial charge in [-0.25, -0.2) is 0 Å². The molecule has 152 valence electrons. The first-order chi connectivity index (χ1) is 14.0. The van der Waals surface area contributed by atoms with E-state index in [-0.39, 0.29) is 11.9 Å². The molecule has 1 atom stereocenters. The van der Waals surface area contributed by atoms with Crippen molar-refractivity contribution in [2.75, 3.05) is 26.2 Å². The van der Waals surface area contributed by atoms with Crippen LogP contribution in [0, 0.1) is 13.8 Å². The highest BCUT2D eigenvalue weighted by Crippen LogP contribution is 2.26. The largest absolute Gasteiger partial charge is 0.419 e. The molecule has 0 spiro atoms. The second kappa shape index (κ2) is 8.47. The Morgan fingerprint density at radius 3 is 2.72 bits per heavy atom. The molecule has 2 aromatic heterocycles. The standard InChI is InChI=1S/C22H26N4O2S/c1-15-5-6-18(13-16(15)2)21-24-23-20(28-21)17(3)25-8-4-9-26(11-10-25)22(27)19-7-12-29-14-19/h5-7,12-14,17H,4,8-11H2,1-3H3. The van der Waals surface area contributed by atoms with Crippen LogP contribution in [0.3, 0.4) is 0 Å². The van der Waals surface area contributed by atoms with Crippen molar-refractivity contribution in [3.63, 3.8) is 0 Å². The van der Waals surface area contributed by atoms with Crippen molar-refractivity contribution < 1.29 is 9.21 Å². The third-order valence-electron chi connectivity index (χ3n) is 5.69. The summed E-state index contributed by atoms with van der Waals surface area (Å²) >= 11 is 1.56. The molecule has 0 aliphatic carbocycles. The Morgan fingerprint density at radius 2 is 1.97 bits per heavy atom. The summed E-state index contributed by atoms with van der Waals surface area (Å²) in [6.45, 7) is 9.43. The summed E-state index contributed by atoms with van der Waals surface area (Å²) in [5.41, 5.74) is 4.18. The first-order valence-corrected chi connectivity index (χ1v) is 10.9. The molecule has 3 aromatic rings. The van der Waals surface area contributed by atoms with Crippen molar-refractivity contribution in [2.24, 2.45) is 0 Å². The molecule has 3 heterocycles. The highest BCUT2D eigenvalue weighted by Gasteiger charge is 2.26. The van der Waals surface area contributed by atoms with Gasteiger partial charge in [-0.1, -0.05) is 6.07 Å². The maximum Gasteiger partial charge on any atom is 0.254 e. The van der Waals surface area contributed by atoms with Gasteiger partial charge in [-0.05, 0) is 61.9 Å². The van der Waals surface area contributed by atoms with E-state index in [0.717, 1.165) is 37.2 Å². The van der Waals surface area contributed by atoms with E-state index in [9.17, 15) is 4.79 Å². The van der Waals surface area contributed by atoms with E-state index in [1.54, 1.807) is 11.3 Å². The Morgan fingerprint density at radius 1 is 1.10 bits per heavy atom. The Balaban J connectivity index is 1.43. The van der Waals surface area contributed by atoms with Crippen LogP contribution >= 0.6 is 11.3 Å². The summed E-state index contributed by atoms with van der Waals surface area (Å²) in [4.78, 5) is 16.9. The molecule has 0 saturated carbocycles. The normalized spacial score (nSPS) is 16.6. The van der Waals surface area contributed by atoms with Crippen molar-refractivity contribution in [3.05, 3.63) is 57.6 Å². The van der Waals surface area contributed by atoms with Crippen molar-refractivity contribution in [1.29, 1.82) is 0 Å². The third kappa shape index (κ3) is 4.26. The number of carbonyl (C=O) groups is 1. The van der Waals surface area contributed by atoms with Gasteiger partial charge in [0.25, 0.3) is 5.91 Å². The minimum absolute atomic E-state index is 0.0130. The van der Waals surface area contributed by atoms with Gasteiger partial charge in [-0.3, -0.25) is 9.69 Å². The van der Waals surface area contributed by atoms with E-state index in [1.165, 1.54) is 11.1 Å². The number of nitrogens with zero attached hydrogens (tertiary/aromatic N) is 4. The van der Waals surface area contributed by atoms with Crippen LogP contribution in [0.25, 0.3) is 11.5 Å². The molecule has 29 heavy (non-hydrogen) atoms. The van der Waals surface area contributed by atoms with E-state index < -0.39 is 0 Å². The molecule has 1 unspecified atom stereocenters. The van der Waals surface area contributed by atoms with Crippen molar-refractivity contribution >= 4 is 17.2 Å². The lowest BCUT2D eigenvalue weighted by Crippen LogP contribution is -2.35. The Bertz CT molecular complexity index is 983. The van der Waals surface area contributed by atoms with Gasteiger partial charge in [-0.2, -0.15) is 11.3 Å². The fourth-order valence-electron chi connectivity index (χ4n) is 3.65. The molecule has 1 amide bonds. The molecule has 6 nitrogen and oxygen atoms in total. The van der Waals surface area contributed by atoms with Gasteiger partial charge in [0.05, 0.1) is 11.6 Å². The first kappa shape index (κ1) is 19.8. The van der Waals surface area contributed by atoms with E-state index in [1.807, 2.05) is 27.8 Å². The molecule has 1 aliphatic rings. The molecule has 7 heteroatoms. The lowest BCUT2D eigenvalue weighted by Gasteiger charge is -2.25. The second-order valence-corrected chi connectivity index (χ2v) is 8.39. The Hall–Kier alpha value is -2.51. The lowest BCUT2D eigenvalue weighted by atomic mass is 10.1. The fourth-order valence-corrected chi connectivity index (χ4v) is 4.28. The quantitative estimate of drug-likeness (QED) is 0.641. The van der Waals surface area contributed by atoms with Gasteiger partial charge >= 0.3 is 0 Å². The topological polar surface area (TPSA) is 62.5 Å². The highest BCUT2D eigenvalue weighted by atomic mass is 32.1. The zero-order valence-electron chi connectivity index (χ0n) is 17.1. The minimum atomic E-state index is 0.0130. The van der Waals surface area contributed by atoms with Crippen molar-refractivity contribution in [3.8, 4) is 11.5 Å². The monoisotopic (exact) mass is 410 g/mol. The summed E-state index contributed by atoms with van der Waals surface area (Å²) in [6.07, 6.45) is 0.929. The maximum absolute atomic E-state index is 12.6. The summed E-state index contributed by atoms with van der Waals surface area (Å²) in [7, 11) is 0. The van der Waals surface area contributed by atoms with Crippen LogP contribution in [0.5, 0.6) is 0 Å². The fraction of sp³-hybridized carbons (Fsp3) is 0.409. The third-order valence-corrected chi connectivity index (χ3v) is 6.37. The first-order valence-electron chi connectivity index (χ1n) is 9.99. The minimum Gasteiger partial charge on any atom is -0.419 e. The van der Waals surface area contributed by atoms with Crippen LogP contribution in [0.4, 0.5) is 0 Å². The number of hydrogen-bond donors (Lipinski definition) is 0. The smallest absolute Gasteiger partial charge is 0.254 e. The van der Waals surface area contributed by atoms with E-state index in [2.05, 4.69) is 48.0 Å². The summed E-state index contributed by atoms with van der Waals surface area (Å²) in [5.74, 6) is 1.30. The predicted molar refractivity (Wildman–Crippen MR) is 114 cm³/mol. The summed E-state index contributed by atoms with van der Waals surface area (Å²) in [6, 6.07) is 8.08. The van der Waals surface area contributed by atoms with E-state index >= 15 is 0 Å². The SMILES string of the molecule is Cc1ccc(-c2nnc(C(C)N3CCCN(C(=O)c4ccsc4)CC3)o2)cc1C. The number of aryl methyl sites for hydroxylation is 2. The molecule has 1 aliphatic heterocycles. The van der Waals surface area contributed by atoms with Crippen LogP contribution in [-0.4, -0.2) is 52.1 Å². The zero-order valence-corrected chi connectivity index (χ0v) is 17.9. The van der Waals surface area contributed by atoms with Crippen LogP contribution < -0.4 is 0 Å². The molecule has 1 saturated heterocycles. The molecular weight excluding hydrogens is 384 g/mol. The Kier molecular flexibility index (Phi) is 5.78. The van der Waals surface area contributed by atoms with Gasteiger partial charge in [0, 0.05) is 37.1 Å². The molecule has 4 rings (SSSR count). The van der Waals surface area contributed by atoms with Gasteiger partial charge in [0.2, 0.25) is 11.8 Å². The number of rotatable bonds is 4. The second-order valence-electron chi connectivity index (χ2n) is 7.61. The number of benzene rings is 1. The predicted octanol–water partition coefficient (Wildman–Crippen LogP) is 4.32. The summed E-state index contributed by atoms with van der Waals surface area (Å²) < 4.78 is 6.01. The average molecular weight is 411 g/mol. The van der Waals surface area contributed by atoms with Crippen molar-refractivity contribution in [2.45, 2.75) is 33.2 Å². The highest BCUT2D eigenvalue weighted by molar-refractivity contribution is 7.08. The molecular formula is C22H26N4O2S. The van der Waals surface area contributed by atoms with Gasteiger partial charge < -0.3 is 9.32 Å². The van der Waals surface area contributed by atoms with Gasteiger partial charge in [-0.15, -0.1) is 10.2 Å². The van der Waals surface area contributed by atoms with Crippen LogP contribution in [0.1, 0.15) is 46.8 Å². The molecule has 0 N–H and O–H groups in total. The number of thiophene rings is 1. The van der Waals surface area contributed by atoms with Crippen LogP contribution in [0.2, 0.25) is 0 Å². The Labute approximate surface area is 175 Å². The van der Waals surface area contributed by atoms with Gasteiger partial charge in [0.1, 0.15) is 0 Å². The lowest BCUT2D eigenvalue weighted by molar-refractivity contribution is 0.0758. The van der Waals surface area contributed by atoms with Crippen LogP contribution in [0.15, 0.2) is 39.4 Å².